The van der Waals surface area contributed by atoms with Gasteiger partial charge in [-0.1, -0.05) is 129 Å². The molecular formula is C84H60F9N5. The Labute approximate surface area is 557 Å². The van der Waals surface area contributed by atoms with E-state index in [9.17, 15) is 31.6 Å². The molecule has 0 N–H and O–H groups in total. The molecule has 4 aromatic heterocycles. The van der Waals surface area contributed by atoms with Gasteiger partial charge >= 0.3 is 18.5 Å². The predicted molar refractivity (Wildman–Crippen MR) is 379 cm³/mol. The average Bonchev–Trinajstić information content (AvgIpc) is 1.53. The fourth-order valence-corrected chi connectivity index (χ4v) is 14.6. The minimum absolute atomic E-state index is 0.00606. The highest BCUT2D eigenvalue weighted by Gasteiger charge is 2.39. The highest BCUT2D eigenvalue weighted by atomic mass is 19.4. The molecule has 0 saturated carbocycles. The summed E-state index contributed by atoms with van der Waals surface area (Å²) in [5, 5.41) is 17.6. The SMILES string of the molecule is Cc1ccc2c(c1)c1cc(C)ccc1n2-c1cc(C#N)cc(-n2c3ccc(C)cc3c3cc(C)ccc32)c1-c1ccccc1C(F)(F)F.Cc1ccc2c(c1)c1cc(C)ccc1n2-c1cc(C(F)(F)F)cc(-n2c3ccc(C)cc3c3cc(C)ccc32)c1-c1ccccc1C(F)(F)F. The first-order valence-corrected chi connectivity index (χ1v) is 32.0. The van der Waals surface area contributed by atoms with Gasteiger partial charge in [0.05, 0.1) is 95.2 Å². The fraction of sp³-hybridized carbons (Fsp3) is 0.131. The van der Waals surface area contributed by atoms with Gasteiger partial charge < -0.3 is 18.3 Å². The summed E-state index contributed by atoms with van der Waals surface area (Å²) in [6, 6.07) is 65.8. The van der Waals surface area contributed by atoms with Gasteiger partial charge in [0, 0.05) is 54.2 Å². The summed E-state index contributed by atoms with van der Waals surface area (Å²) in [4.78, 5) is 0. The van der Waals surface area contributed by atoms with E-state index in [-0.39, 0.29) is 28.1 Å². The molecule has 0 bridgehead atoms. The highest BCUT2D eigenvalue weighted by molar-refractivity contribution is 6.15. The summed E-state index contributed by atoms with van der Waals surface area (Å²) < 4.78 is 142. The number of rotatable bonds is 6. The van der Waals surface area contributed by atoms with Crippen molar-refractivity contribution in [2.75, 3.05) is 0 Å². The zero-order chi connectivity index (χ0) is 68.8. The first-order chi connectivity index (χ1) is 46.7. The van der Waals surface area contributed by atoms with Gasteiger partial charge in [0.25, 0.3) is 0 Å². The number of fused-ring (bicyclic) bond motifs is 12. The Bertz CT molecular complexity index is 5540. The minimum Gasteiger partial charge on any atom is -0.309 e. The number of halogens is 9. The van der Waals surface area contributed by atoms with Gasteiger partial charge in [0.15, 0.2) is 0 Å². The van der Waals surface area contributed by atoms with Gasteiger partial charge in [0.1, 0.15) is 0 Å². The Morgan fingerprint density at radius 3 is 0.684 bits per heavy atom. The van der Waals surface area contributed by atoms with Crippen LogP contribution in [0.25, 0.3) is 132 Å². The number of hydrogen-bond donors (Lipinski definition) is 0. The monoisotopic (exact) mass is 1310 g/mol. The Balaban J connectivity index is 0.000000160. The molecule has 0 atom stereocenters. The Hall–Kier alpha value is -11.3. The predicted octanol–water partition coefficient (Wildman–Crippen LogP) is 24.5. The van der Waals surface area contributed by atoms with Crippen LogP contribution in [0.4, 0.5) is 39.5 Å². The van der Waals surface area contributed by atoms with Crippen molar-refractivity contribution in [3.05, 3.63) is 285 Å². The normalized spacial score (nSPS) is 12.3. The van der Waals surface area contributed by atoms with Crippen LogP contribution in [-0.4, -0.2) is 18.3 Å². The molecule has 0 aliphatic rings. The second-order valence-corrected chi connectivity index (χ2v) is 26.0. The topological polar surface area (TPSA) is 43.5 Å². The van der Waals surface area contributed by atoms with Crippen molar-refractivity contribution in [2.45, 2.75) is 73.9 Å². The smallest absolute Gasteiger partial charge is 0.309 e. The summed E-state index contributed by atoms with van der Waals surface area (Å²) in [6.45, 7) is 15.8. The standard InChI is InChI=1S/C42H30F6N2.C42H30F3N3/c1-23-9-13-34-29(17-23)30-18-24(2)10-14-35(30)49(34)38-21-27(41(43,44)45)22-39(40(38)28-7-5-6-8-33(28)42(46,47)48)50-36-15-11-25(3)19-31(36)32-20-26(4)12-16-37(32)50;1-24-9-13-35-30(17-24)31-18-25(2)10-14-36(31)47(35)39-21-28(23-46)22-40(41(39)29-7-5-6-8-34(29)42(43,44)45)48-37-15-11-26(3)19-32(37)33-20-27(4)12-16-38(33)48/h5-22H,1-4H3;5-22H,1-4H3. The van der Waals surface area contributed by atoms with Gasteiger partial charge in [-0.3, -0.25) is 0 Å². The number of aromatic nitrogens is 4. The molecule has 98 heavy (non-hydrogen) atoms. The molecule has 16 rings (SSSR count). The number of nitriles is 1. The molecule has 16 aromatic rings. The maximum absolute atomic E-state index is 15.1. The molecule has 0 fully saturated rings. The van der Waals surface area contributed by atoms with Crippen molar-refractivity contribution in [1.82, 2.24) is 18.3 Å². The largest absolute Gasteiger partial charge is 0.417 e. The summed E-state index contributed by atoms with van der Waals surface area (Å²) in [5.74, 6) is 0. The lowest BCUT2D eigenvalue weighted by atomic mass is 9.93. The van der Waals surface area contributed by atoms with Crippen LogP contribution in [0.3, 0.4) is 0 Å². The molecular weight excluding hydrogens is 1250 g/mol. The molecule has 0 aliphatic carbocycles. The number of alkyl halides is 9. The first kappa shape index (κ1) is 62.8. The third kappa shape index (κ3) is 10.4. The third-order valence-electron chi connectivity index (χ3n) is 18.9. The van der Waals surface area contributed by atoms with Crippen molar-refractivity contribution < 1.29 is 39.5 Å². The van der Waals surface area contributed by atoms with Crippen LogP contribution in [0.5, 0.6) is 0 Å². The van der Waals surface area contributed by atoms with E-state index in [2.05, 4.69) is 30.3 Å². The molecule has 5 nitrogen and oxygen atoms in total. The average molecular weight is 1310 g/mol. The molecule has 12 aromatic carbocycles. The number of hydrogen-bond acceptors (Lipinski definition) is 1. The van der Waals surface area contributed by atoms with Crippen molar-refractivity contribution in [1.29, 1.82) is 5.26 Å². The van der Waals surface area contributed by atoms with E-state index in [0.29, 0.717) is 44.6 Å². The van der Waals surface area contributed by atoms with E-state index in [4.69, 9.17) is 0 Å². The van der Waals surface area contributed by atoms with Gasteiger partial charge in [-0.25, -0.2) is 0 Å². The summed E-state index contributed by atoms with van der Waals surface area (Å²) >= 11 is 0. The van der Waals surface area contributed by atoms with Crippen LogP contribution < -0.4 is 0 Å². The minimum atomic E-state index is -4.82. The first-order valence-electron chi connectivity index (χ1n) is 32.0. The number of benzene rings is 12. The summed E-state index contributed by atoms with van der Waals surface area (Å²) in [5.41, 5.74) is 12.8. The van der Waals surface area contributed by atoms with E-state index >= 15 is 13.2 Å². The van der Waals surface area contributed by atoms with Crippen molar-refractivity contribution >= 4 is 87.2 Å². The quantitative estimate of drug-likeness (QED) is 0.153. The molecule has 0 aliphatic heterocycles. The van der Waals surface area contributed by atoms with E-state index in [1.165, 1.54) is 24.3 Å². The van der Waals surface area contributed by atoms with E-state index in [0.717, 1.165) is 134 Å². The lowest BCUT2D eigenvalue weighted by Crippen LogP contribution is -2.13. The Kier molecular flexibility index (Phi) is 14.7. The molecule has 0 radical (unpaired) electrons. The lowest BCUT2D eigenvalue weighted by molar-refractivity contribution is -0.138. The summed E-state index contributed by atoms with van der Waals surface area (Å²) in [7, 11) is 0. The van der Waals surface area contributed by atoms with Gasteiger partial charge in [0.2, 0.25) is 0 Å². The number of aryl methyl sites for hydroxylation is 8. The molecule has 0 spiro atoms. The van der Waals surface area contributed by atoms with E-state index < -0.39 is 35.2 Å². The molecule has 0 amide bonds. The molecule has 0 saturated heterocycles. The van der Waals surface area contributed by atoms with Crippen LogP contribution in [-0.2, 0) is 18.5 Å². The number of nitrogens with zero attached hydrogens (tertiary/aromatic N) is 5. The second-order valence-electron chi connectivity index (χ2n) is 26.0. The van der Waals surface area contributed by atoms with Crippen molar-refractivity contribution in [3.8, 4) is 51.1 Å². The third-order valence-corrected chi connectivity index (χ3v) is 18.9. The van der Waals surface area contributed by atoms with Gasteiger partial charge in [-0.2, -0.15) is 44.8 Å². The Morgan fingerprint density at radius 2 is 0.480 bits per heavy atom. The van der Waals surface area contributed by atoms with E-state index in [1.807, 2.05) is 186 Å². The van der Waals surface area contributed by atoms with E-state index in [1.54, 1.807) is 33.4 Å². The van der Waals surface area contributed by atoms with Crippen molar-refractivity contribution in [3.63, 3.8) is 0 Å². The molecule has 4 heterocycles. The second kappa shape index (κ2) is 22.9. The maximum Gasteiger partial charge on any atom is 0.417 e. The van der Waals surface area contributed by atoms with Crippen molar-refractivity contribution in [2.24, 2.45) is 0 Å². The molecule has 14 heteroatoms. The fourth-order valence-electron chi connectivity index (χ4n) is 14.6. The van der Waals surface area contributed by atoms with Crippen LogP contribution >= 0.6 is 0 Å². The zero-order valence-electron chi connectivity index (χ0n) is 54.4. The Morgan fingerprint density at radius 1 is 0.265 bits per heavy atom. The lowest BCUT2D eigenvalue weighted by Gasteiger charge is -2.24. The maximum atomic E-state index is 15.1. The highest BCUT2D eigenvalue weighted by Crippen LogP contribution is 2.51. The summed E-state index contributed by atoms with van der Waals surface area (Å²) in [6.07, 6.45) is -14.2. The molecule has 484 valence electrons. The van der Waals surface area contributed by atoms with Crippen LogP contribution in [0.1, 0.15) is 66.8 Å². The molecule has 0 unspecified atom stereocenters. The van der Waals surface area contributed by atoms with Gasteiger partial charge in [-0.05, 0) is 200 Å². The van der Waals surface area contributed by atoms with Crippen LogP contribution in [0.15, 0.2) is 218 Å². The van der Waals surface area contributed by atoms with Gasteiger partial charge in [-0.15, -0.1) is 0 Å². The van der Waals surface area contributed by atoms with Crippen LogP contribution in [0, 0.1) is 66.7 Å². The van der Waals surface area contributed by atoms with Crippen LogP contribution in [0.2, 0.25) is 0 Å². The zero-order valence-corrected chi connectivity index (χ0v) is 54.4.